The Morgan fingerprint density at radius 1 is 1.21 bits per heavy atom. The number of hydrogen-bond donors (Lipinski definition) is 3. The molecule has 1 aliphatic carbocycles. The first-order valence-electron chi connectivity index (χ1n) is 15.5. The van der Waals surface area contributed by atoms with E-state index < -0.39 is 11.0 Å². The van der Waals surface area contributed by atoms with Gasteiger partial charge in [-0.1, -0.05) is 24.2 Å². The smallest absolute Gasteiger partial charge is 0.126 e. The Bertz CT molecular complexity index is 1250. The largest absolute Gasteiger partial charge is 0.496 e. The molecule has 1 saturated carbocycles. The summed E-state index contributed by atoms with van der Waals surface area (Å²) < 4.78 is 17.1. The molecule has 0 spiro atoms. The summed E-state index contributed by atoms with van der Waals surface area (Å²) in [5.74, 6) is 2.17. The van der Waals surface area contributed by atoms with Crippen LogP contribution in [0.15, 0.2) is 42.8 Å². The molecule has 2 aromatic rings. The molecular weight excluding hydrogens is 564 g/mol. The van der Waals surface area contributed by atoms with E-state index in [1.165, 1.54) is 0 Å². The van der Waals surface area contributed by atoms with Gasteiger partial charge in [0.1, 0.15) is 23.0 Å². The number of ether oxygens (including phenoxy) is 3. The van der Waals surface area contributed by atoms with E-state index in [0.29, 0.717) is 61.7 Å². The number of rotatable bonds is 14. The zero-order chi connectivity index (χ0) is 30.9. The highest BCUT2D eigenvalue weighted by Gasteiger charge is 2.32. The van der Waals surface area contributed by atoms with Crippen molar-refractivity contribution in [2.24, 2.45) is 5.41 Å². The van der Waals surface area contributed by atoms with Gasteiger partial charge < -0.3 is 30.2 Å². The summed E-state index contributed by atoms with van der Waals surface area (Å²) in [6.07, 6.45) is 7.35. The summed E-state index contributed by atoms with van der Waals surface area (Å²) in [4.78, 5) is 9.36. The predicted molar refractivity (Wildman–Crippen MR) is 172 cm³/mol. The van der Waals surface area contributed by atoms with Gasteiger partial charge in [-0.3, -0.25) is 0 Å². The number of anilines is 2. The minimum atomic E-state index is -0.518. The molecule has 4 rings (SSSR count). The molecule has 2 aromatic heterocycles. The molecule has 234 valence electrons. The van der Waals surface area contributed by atoms with Gasteiger partial charge in [-0.2, -0.15) is 5.26 Å². The second-order valence-corrected chi connectivity index (χ2v) is 12.7. The minimum Gasteiger partial charge on any atom is -0.496 e. The molecule has 9 nitrogen and oxygen atoms in total. The fourth-order valence-corrected chi connectivity index (χ4v) is 5.77. The highest BCUT2D eigenvalue weighted by atomic mass is 35.5. The molecule has 0 radical (unpaired) electrons. The molecule has 2 fully saturated rings. The minimum absolute atomic E-state index is 0.226. The van der Waals surface area contributed by atoms with Gasteiger partial charge in [0.15, 0.2) is 0 Å². The van der Waals surface area contributed by atoms with Gasteiger partial charge >= 0.3 is 0 Å². The summed E-state index contributed by atoms with van der Waals surface area (Å²) in [5.41, 5.74) is 0.632. The SMILES string of the molecule is C=C(OCC)C(C)(C)OC[C@@H](C)N[C@H]1CC[C@H](Nc2cc(-c3cccc(NCC4(C#N)CCOCC4)n3)c(Cl)cn2)CC1. The Labute approximate surface area is 261 Å². The van der Waals surface area contributed by atoms with E-state index >= 15 is 0 Å². The number of nitrogens with zero attached hydrogens (tertiary/aromatic N) is 3. The lowest BCUT2D eigenvalue weighted by Gasteiger charge is -2.33. The second kappa shape index (κ2) is 15.2. The van der Waals surface area contributed by atoms with Crippen LogP contribution in [0.2, 0.25) is 5.02 Å². The standard InChI is InChI=1S/C33H47ClN6O3/c1-6-42-24(3)32(4,5)43-20-23(2)38-25-10-12-26(13-11-25)39-31-18-27(28(34)19-36-31)29-8-7-9-30(40-29)37-22-33(21-35)14-16-41-17-15-33/h7-9,18-19,23,25-26,38H,3,6,10-17,20,22H2,1-2,4-5H3,(H,36,39)(H,37,40)/t23-,25-,26-/m1/s1. The summed E-state index contributed by atoms with van der Waals surface area (Å²) >= 11 is 6.59. The van der Waals surface area contributed by atoms with E-state index in [9.17, 15) is 5.26 Å². The number of aromatic nitrogens is 2. The first-order chi connectivity index (χ1) is 20.6. The van der Waals surface area contributed by atoms with Crippen molar-refractivity contribution in [1.82, 2.24) is 15.3 Å². The van der Waals surface area contributed by atoms with Crippen LogP contribution in [0.3, 0.4) is 0 Å². The van der Waals surface area contributed by atoms with Crippen LogP contribution in [0.1, 0.15) is 66.2 Å². The van der Waals surface area contributed by atoms with Crippen LogP contribution in [-0.2, 0) is 14.2 Å². The third-order valence-electron chi connectivity index (χ3n) is 8.46. The Balaban J connectivity index is 1.28. The van der Waals surface area contributed by atoms with Gasteiger partial charge in [-0.25, -0.2) is 9.97 Å². The summed E-state index contributed by atoms with van der Waals surface area (Å²) in [7, 11) is 0. The maximum Gasteiger partial charge on any atom is 0.126 e. The third-order valence-corrected chi connectivity index (χ3v) is 8.76. The molecule has 43 heavy (non-hydrogen) atoms. The molecule has 10 heteroatoms. The molecule has 3 heterocycles. The number of hydrogen-bond acceptors (Lipinski definition) is 9. The Hall–Kier alpha value is -2.90. The van der Waals surface area contributed by atoms with Gasteiger partial charge in [0.25, 0.3) is 0 Å². The van der Waals surface area contributed by atoms with Crippen LogP contribution in [0.5, 0.6) is 0 Å². The number of halogens is 1. The number of nitriles is 1. The highest BCUT2D eigenvalue weighted by molar-refractivity contribution is 6.33. The fraction of sp³-hybridized carbons (Fsp3) is 0.606. The van der Waals surface area contributed by atoms with Crippen LogP contribution in [0.25, 0.3) is 11.3 Å². The topological polar surface area (TPSA) is 113 Å². The summed E-state index contributed by atoms with van der Waals surface area (Å²) in [6.45, 7) is 15.0. The van der Waals surface area contributed by atoms with E-state index in [2.05, 4.69) is 40.5 Å². The van der Waals surface area contributed by atoms with Crippen molar-refractivity contribution < 1.29 is 14.2 Å². The van der Waals surface area contributed by atoms with Crippen LogP contribution in [-0.4, -0.2) is 66.7 Å². The van der Waals surface area contributed by atoms with Gasteiger partial charge in [0, 0.05) is 49.6 Å². The molecule has 1 aliphatic heterocycles. The van der Waals surface area contributed by atoms with Crippen molar-refractivity contribution in [3.05, 3.63) is 47.8 Å². The normalized spacial score (nSPS) is 20.9. The summed E-state index contributed by atoms with van der Waals surface area (Å²) in [6, 6.07) is 11.3. The lowest BCUT2D eigenvalue weighted by Crippen LogP contribution is -2.44. The zero-order valence-corrected chi connectivity index (χ0v) is 26.8. The number of pyridine rings is 2. The maximum absolute atomic E-state index is 9.77. The average molecular weight is 611 g/mol. The van der Waals surface area contributed by atoms with E-state index in [0.717, 1.165) is 55.6 Å². The third kappa shape index (κ3) is 9.29. The monoisotopic (exact) mass is 610 g/mol. The second-order valence-electron chi connectivity index (χ2n) is 12.3. The molecule has 2 aliphatic rings. The van der Waals surface area contributed by atoms with E-state index in [-0.39, 0.29) is 6.04 Å². The van der Waals surface area contributed by atoms with E-state index in [1.807, 2.05) is 45.0 Å². The van der Waals surface area contributed by atoms with Crippen molar-refractivity contribution in [2.75, 3.05) is 43.6 Å². The Morgan fingerprint density at radius 3 is 2.63 bits per heavy atom. The van der Waals surface area contributed by atoms with Crippen LogP contribution < -0.4 is 16.0 Å². The molecule has 0 aromatic carbocycles. The quantitative estimate of drug-likeness (QED) is 0.204. The maximum atomic E-state index is 9.77. The molecular formula is C33H47ClN6O3. The lowest BCUT2D eigenvalue weighted by molar-refractivity contribution is -0.0379. The molecule has 0 unspecified atom stereocenters. The van der Waals surface area contributed by atoms with E-state index in [1.54, 1.807) is 6.20 Å². The van der Waals surface area contributed by atoms with Crippen molar-refractivity contribution in [3.8, 4) is 17.3 Å². The van der Waals surface area contributed by atoms with Crippen molar-refractivity contribution in [2.45, 2.75) is 89.9 Å². The van der Waals surface area contributed by atoms with Crippen molar-refractivity contribution >= 4 is 23.2 Å². The zero-order valence-electron chi connectivity index (χ0n) is 26.0. The van der Waals surface area contributed by atoms with Crippen molar-refractivity contribution in [1.29, 1.82) is 5.26 Å². The Morgan fingerprint density at radius 2 is 1.93 bits per heavy atom. The average Bonchev–Trinajstić information content (AvgIpc) is 3.02. The van der Waals surface area contributed by atoms with Gasteiger partial charge in [0.2, 0.25) is 0 Å². The molecule has 0 bridgehead atoms. The molecule has 1 saturated heterocycles. The predicted octanol–water partition coefficient (Wildman–Crippen LogP) is 6.58. The first kappa shape index (κ1) is 33.0. The number of nitrogens with one attached hydrogen (secondary N) is 3. The molecule has 0 amide bonds. The lowest BCUT2D eigenvalue weighted by atomic mass is 9.82. The highest BCUT2D eigenvalue weighted by Crippen LogP contribution is 2.32. The Kier molecular flexibility index (Phi) is 11.7. The molecule has 3 N–H and O–H groups in total. The van der Waals surface area contributed by atoms with E-state index in [4.69, 9.17) is 30.8 Å². The molecule has 1 atom stereocenters. The fourth-order valence-electron chi connectivity index (χ4n) is 5.57. The van der Waals surface area contributed by atoms with Crippen LogP contribution in [0.4, 0.5) is 11.6 Å². The van der Waals surface area contributed by atoms with Crippen LogP contribution >= 0.6 is 11.6 Å². The van der Waals surface area contributed by atoms with Gasteiger partial charge in [0.05, 0.1) is 35.4 Å². The van der Waals surface area contributed by atoms with Crippen LogP contribution in [0, 0.1) is 16.7 Å². The van der Waals surface area contributed by atoms with Gasteiger partial charge in [-0.05, 0) is 84.4 Å². The first-order valence-corrected chi connectivity index (χ1v) is 15.9. The summed E-state index contributed by atoms with van der Waals surface area (Å²) in [5, 5.41) is 21.0. The van der Waals surface area contributed by atoms with Crippen molar-refractivity contribution in [3.63, 3.8) is 0 Å². The van der Waals surface area contributed by atoms with Gasteiger partial charge in [-0.15, -0.1) is 0 Å².